The summed E-state index contributed by atoms with van der Waals surface area (Å²) in [6.45, 7) is 0. The van der Waals surface area contributed by atoms with Gasteiger partial charge in [0.1, 0.15) is 0 Å². The van der Waals surface area contributed by atoms with Crippen LogP contribution >= 0.6 is 0 Å². The number of hydrogen-bond acceptors (Lipinski definition) is 0. The molecule has 0 saturated heterocycles. The van der Waals surface area contributed by atoms with Crippen LogP contribution in [-0.4, -0.2) is 0 Å². The number of rotatable bonds is 0. The van der Waals surface area contributed by atoms with Gasteiger partial charge in [-0.15, -0.1) is 0 Å². The van der Waals surface area contributed by atoms with E-state index in [2.05, 4.69) is 0 Å². The Labute approximate surface area is 50.5 Å². The summed E-state index contributed by atoms with van der Waals surface area (Å²) in [4.78, 5) is 0. The van der Waals surface area contributed by atoms with E-state index in [9.17, 15) is 0 Å². The van der Waals surface area contributed by atoms with E-state index in [0.29, 0.717) is 0 Å². The predicted molar refractivity (Wildman–Crippen MR) is 30.1 cm³/mol. The first-order valence-electron chi connectivity index (χ1n) is 5.13. The molecule has 0 aromatic carbocycles. The molecule has 0 amide bonds. The summed E-state index contributed by atoms with van der Waals surface area (Å²) >= 11 is 0. The fourth-order valence-corrected chi connectivity index (χ4v) is 1.33. The van der Waals surface area contributed by atoms with E-state index in [1.54, 1.807) is 0 Å². The van der Waals surface area contributed by atoms with Gasteiger partial charge < -0.3 is 0 Å². The second kappa shape index (κ2) is 1.24. The number of fused-ring (bicyclic) bond motifs is 2. The molecular formula is C7H12. The molecular weight excluding hydrogens is 84.1 g/mol. The third-order valence-corrected chi connectivity index (χ3v) is 1.76. The Morgan fingerprint density at radius 1 is 1.00 bits per heavy atom. The Bertz CT molecular complexity index is 138. The second-order valence-corrected chi connectivity index (χ2v) is 2.33. The molecule has 0 aliphatic heterocycles. The van der Waals surface area contributed by atoms with Crippen molar-refractivity contribution in [3.8, 4) is 0 Å². The topological polar surface area (TPSA) is 0 Å². The van der Waals surface area contributed by atoms with Crippen LogP contribution in [-0.2, 0) is 0 Å². The fourth-order valence-electron chi connectivity index (χ4n) is 1.33. The molecule has 0 heterocycles. The smallest absolute Gasteiger partial charge is 0.0269 e. The van der Waals surface area contributed by atoms with Gasteiger partial charge in [-0.3, -0.25) is 0 Å². The van der Waals surface area contributed by atoms with Gasteiger partial charge in [-0.25, -0.2) is 0 Å². The van der Waals surface area contributed by atoms with E-state index in [1.165, 1.54) is 0 Å². The minimum absolute atomic E-state index is 0.0185. The van der Waals surface area contributed by atoms with Gasteiger partial charge in [-0.2, -0.15) is 0 Å². The van der Waals surface area contributed by atoms with Crippen LogP contribution in [0.25, 0.3) is 0 Å². The van der Waals surface area contributed by atoms with Crippen LogP contribution < -0.4 is 0 Å². The van der Waals surface area contributed by atoms with E-state index < -0.39 is 0 Å². The van der Waals surface area contributed by atoms with Gasteiger partial charge >= 0.3 is 0 Å². The molecule has 7 heavy (non-hydrogen) atoms. The van der Waals surface area contributed by atoms with Crippen molar-refractivity contribution in [2.24, 2.45) is 11.8 Å². The van der Waals surface area contributed by atoms with Crippen LogP contribution in [0.3, 0.4) is 0 Å². The van der Waals surface area contributed by atoms with Crippen molar-refractivity contribution in [1.29, 1.82) is 0 Å². The standard InChI is InChI=1S/C7H12/c1-2-7-4-3-6(1)5-7/h6-7H,1-5H2/i1D,2D,3D,4D/t1-,2+,3-,4+,6?,7?. The van der Waals surface area contributed by atoms with E-state index in [1.807, 2.05) is 0 Å². The Morgan fingerprint density at radius 2 is 1.43 bits per heavy atom. The SMILES string of the molecule is [2H][C@@H]1C2CC([C@@H]1[2H])[C@H]([2H])[C@@H]2[2H]. The van der Waals surface area contributed by atoms with Gasteiger partial charge in [-0.1, -0.05) is 25.6 Å². The molecule has 2 fully saturated rings. The van der Waals surface area contributed by atoms with E-state index in [4.69, 9.17) is 5.48 Å². The van der Waals surface area contributed by atoms with Crippen LogP contribution in [0.2, 0.25) is 0 Å². The second-order valence-electron chi connectivity index (χ2n) is 2.33. The molecule has 2 aliphatic rings. The lowest BCUT2D eigenvalue weighted by molar-refractivity contribution is 0.480. The molecule has 0 spiro atoms. The molecule has 40 valence electrons. The van der Waals surface area contributed by atoms with Crippen LogP contribution in [0.15, 0.2) is 0 Å². The normalized spacial score (nSPS) is 98.3. The van der Waals surface area contributed by atoms with Crippen LogP contribution in [0.1, 0.15) is 37.5 Å². The van der Waals surface area contributed by atoms with Gasteiger partial charge in [0.05, 0.1) is 0 Å². The lowest BCUT2D eigenvalue weighted by Crippen LogP contribution is -1.90. The Balaban J connectivity index is 2.21. The summed E-state index contributed by atoms with van der Waals surface area (Å²) in [7, 11) is 0. The maximum atomic E-state index is 7.56. The molecule has 0 heteroatoms. The van der Waals surface area contributed by atoms with E-state index in [0.717, 1.165) is 6.42 Å². The summed E-state index contributed by atoms with van der Waals surface area (Å²) in [5.74, 6) is 0.0370. The molecule has 2 rings (SSSR count). The van der Waals surface area contributed by atoms with Crippen LogP contribution in [0.4, 0.5) is 0 Å². The Morgan fingerprint density at radius 3 is 1.71 bits per heavy atom. The quantitative estimate of drug-likeness (QED) is 0.437. The van der Waals surface area contributed by atoms with Crippen molar-refractivity contribution in [1.82, 2.24) is 0 Å². The summed E-state index contributed by atoms with van der Waals surface area (Å²) in [5, 5.41) is 0. The summed E-state index contributed by atoms with van der Waals surface area (Å²) in [5.41, 5.74) is 0. The molecule has 0 unspecified atom stereocenters. The molecule has 2 saturated carbocycles. The predicted octanol–water partition coefficient (Wildman–Crippen LogP) is 2.20. The van der Waals surface area contributed by atoms with Crippen LogP contribution in [0.5, 0.6) is 0 Å². The zero-order valence-corrected chi connectivity index (χ0v) is 4.17. The van der Waals surface area contributed by atoms with Crippen molar-refractivity contribution in [2.75, 3.05) is 0 Å². The number of hydrogen-bond donors (Lipinski definition) is 0. The van der Waals surface area contributed by atoms with E-state index >= 15 is 0 Å². The van der Waals surface area contributed by atoms with Crippen molar-refractivity contribution in [2.45, 2.75) is 32.0 Å². The summed E-state index contributed by atoms with van der Waals surface area (Å²) in [6.07, 6.45) is -0.758. The Kier molecular flexibility index (Phi) is 0.310. The first-order valence-corrected chi connectivity index (χ1v) is 2.82. The fraction of sp³-hybridized carbons (Fsp3) is 1.00. The van der Waals surface area contributed by atoms with Gasteiger partial charge in [0, 0.05) is 5.48 Å². The van der Waals surface area contributed by atoms with Gasteiger partial charge in [0.25, 0.3) is 0 Å². The first-order chi connectivity index (χ1) is 5.13. The zero-order chi connectivity index (χ0) is 8.17. The highest BCUT2D eigenvalue weighted by atomic mass is 14.4. The molecule has 0 nitrogen and oxygen atoms in total. The first kappa shape index (κ1) is 1.75. The average Bonchev–Trinajstić information content (AvgIpc) is 2.40. The van der Waals surface area contributed by atoms with Gasteiger partial charge in [0.15, 0.2) is 0 Å². The molecule has 0 N–H and O–H groups in total. The molecule has 4 atom stereocenters. The molecule has 0 aromatic heterocycles. The highest BCUT2D eigenvalue weighted by Crippen LogP contribution is 2.43. The van der Waals surface area contributed by atoms with Crippen LogP contribution in [0, 0.1) is 11.8 Å². The molecule has 0 radical (unpaired) electrons. The van der Waals surface area contributed by atoms with E-state index in [-0.39, 0.29) is 37.4 Å². The van der Waals surface area contributed by atoms with Crippen molar-refractivity contribution in [3.05, 3.63) is 0 Å². The maximum Gasteiger partial charge on any atom is 0.0269 e. The summed E-state index contributed by atoms with van der Waals surface area (Å²) < 4.78 is 30.2. The molecule has 2 aliphatic carbocycles. The van der Waals surface area contributed by atoms with Crippen molar-refractivity contribution >= 4 is 0 Å². The van der Waals surface area contributed by atoms with Gasteiger partial charge in [-0.05, 0) is 18.3 Å². The maximum absolute atomic E-state index is 7.56. The third-order valence-electron chi connectivity index (χ3n) is 1.76. The minimum Gasteiger partial charge on any atom is -0.0502 e. The van der Waals surface area contributed by atoms with Crippen molar-refractivity contribution < 1.29 is 5.48 Å². The zero-order valence-electron chi connectivity index (χ0n) is 8.17. The summed E-state index contributed by atoms with van der Waals surface area (Å²) in [6, 6.07) is 0. The lowest BCUT2D eigenvalue weighted by Gasteiger charge is -2.05. The largest absolute Gasteiger partial charge is 0.0502 e. The van der Waals surface area contributed by atoms with Gasteiger partial charge in [0.2, 0.25) is 0 Å². The monoisotopic (exact) mass is 100 g/mol. The highest BCUT2D eigenvalue weighted by molar-refractivity contribution is 4.82. The lowest BCUT2D eigenvalue weighted by atomic mass is 10.0. The average molecular weight is 100 g/mol. The van der Waals surface area contributed by atoms with Crippen molar-refractivity contribution in [3.63, 3.8) is 0 Å². The molecule has 0 aromatic rings. The molecule has 2 bridgehead atoms. The third kappa shape index (κ3) is 0.490. The Hall–Kier alpha value is 0. The highest BCUT2D eigenvalue weighted by Gasteiger charge is 2.30. The minimum atomic E-state index is -0.385.